The van der Waals surface area contributed by atoms with Crippen molar-refractivity contribution in [2.45, 2.75) is 63.8 Å². The first-order chi connectivity index (χ1) is 8.50. The van der Waals surface area contributed by atoms with Gasteiger partial charge in [-0.3, -0.25) is 4.98 Å². The van der Waals surface area contributed by atoms with Gasteiger partial charge in [0.15, 0.2) is 0 Å². The number of nitrogens with two attached hydrogens (primary N) is 1. The van der Waals surface area contributed by atoms with Crippen LogP contribution in [0.1, 0.15) is 63.1 Å². The summed E-state index contributed by atoms with van der Waals surface area (Å²) in [5, 5.41) is 0. The van der Waals surface area contributed by atoms with Gasteiger partial charge in [0.2, 0.25) is 0 Å². The van der Waals surface area contributed by atoms with E-state index < -0.39 is 0 Å². The van der Waals surface area contributed by atoms with Gasteiger partial charge in [0.25, 0.3) is 0 Å². The minimum atomic E-state index is -0.0208. The van der Waals surface area contributed by atoms with Crippen LogP contribution in [0.2, 0.25) is 0 Å². The Morgan fingerprint density at radius 2 is 2.17 bits per heavy atom. The molecule has 2 N–H and O–H groups in total. The van der Waals surface area contributed by atoms with Crippen LogP contribution in [0.4, 0.5) is 0 Å². The van der Waals surface area contributed by atoms with Crippen molar-refractivity contribution in [3.63, 3.8) is 0 Å². The molecule has 0 radical (unpaired) electrons. The molecule has 2 aliphatic rings. The van der Waals surface area contributed by atoms with Crippen LogP contribution in [-0.4, -0.2) is 10.5 Å². The maximum atomic E-state index is 6.78. The minimum absolute atomic E-state index is 0.0208. The highest BCUT2D eigenvalue weighted by atomic mass is 14.8. The maximum Gasteiger partial charge on any atom is 0.0484 e. The molecule has 1 heterocycles. The Bertz CT molecular complexity index is 452. The molecule has 2 unspecified atom stereocenters. The highest BCUT2D eigenvalue weighted by molar-refractivity contribution is 5.30. The lowest BCUT2D eigenvalue weighted by Gasteiger charge is -2.38. The van der Waals surface area contributed by atoms with Crippen molar-refractivity contribution in [2.75, 3.05) is 0 Å². The van der Waals surface area contributed by atoms with Gasteiger partial charge in [-0.2, -0.15) is 0 Å². The number of rotatable bonds is 1. The normalized spacial score (nSPS) is 34.3. The fourth-order valence-electron chi connectivity index (χ4n) is 4.11. The van der Waals surface area contributed by atoms with Crippen molar-refractivity contribution < 1.29 is 0 Å². The summed E-state index contributed by atoms with van der Waals surface area (Å²) in [4.78, 5) is 4.66. The molecule has 0 bridgehead atoms. The highest BCUT2D eigenvalue weighted by Crippen LogP contribution is 2.51. The average molecular weight is 244 g/mol. The maximum absolute atomic E-state index is 6.78. The van der Waals surface area contributed by atoms with Gasteiger partial charge in [-0.15, -0.1) is 0 Å². The molecular weight excluding hydrogens is 220 g/mol. The van der Waals surface area contributed by atoms with E-state index in [-0.39, 0.29) is 5.54 Å². The zero-order chi connectivity index (χ0) is 12.8. The largest absolute Gasteiger partial charge is 0.324 e. The predicted molar refractivity (Wildman–Crippen MR) is 74.5 cm³/mol. The second kappa shape index (κ2) is 4.06. The topological polar surface area (TPSA) is 38.9 Å². The molecule has 0 amide bonds. The summed E-state index contributed by atoms with van der Waals surface area (Å²) in [5.74, 6) is 0.476. The molecular formula is C16H24N2. The van der Waals surface area contributed by atoms with Crippen molar-refractivity contribution in [2.24, 2.45) is 11.1 Å². The number of hydrogen-bond donors (Lipinski definition) is 1. The Labute approximate surface area is 110 Å². The summed E-state index contributed by atoms with van der Waals surface area (Å²) in [6, 6.07) is 4.29. The molecule has 1 fully saturated rings. The van der Waals surface area contributed by atoms with Crippen LogP contribution >= 0.6 is 0 Å². The second-order valence-corrected chi connectivity index (χ2v) is 7.07. The molecule has 1 saturated carbocycles. The number of pyridine rings is 1. The molecule has 18 heavy (non-hydrogen) atoms. The summed E-state index contributed by atoms with van der Waals surface area (Å²) in [7, 11) is 0. The molecule has 2 heteroatoms. The summed E-state index contributed by atoms with van der Waals surface area (Å²) >= 11 is 0. The third-order valence-electron chi connectivity index (χ3n) is 4.96. The lowest BCUT2D eigenvalue weighted by atomic mass is 9.72. The third kappa shape index (κ3) is 1.97. The molecule has 98 valence electrons. The molecule has 0 aromatic carbocycles. The Hall–Kier alpha value is -0.890. The zero-order valence-electron chi connectivity index (χ0n) is 11.6. The van der Waals surface area contributed by atoms with Gasteiger partial charge in [-0.05, 0) is 55.6 Å². The Morgan fingerprint density at radius 3 is 2.89 bits per heavy atom. The fourth-order valence-corrected chi connectivity index (χ4v) is 4.11. The van der Waals surface area contributed by atoms with Crippen molar-refractivity contribution in [3.05, 3.63) is 29.6 Å². The molecule has 2 atom stereocenters. The molecule has 0 aliphatic heterocycles. The van der Waals surface area contributed by atoms with Crippen molar-refractivity contribution in [1.29, 1.82) is 0 Å². The lowest BCUT2D eigenvalue weighted by Crippen LogP contribution is -2.45. The minimum Gasteiger partial charge on any atom is -0.324 e. The number of aryl methyl sites for hydroxylation is 1. The first kappa shape index (κ1) is 12.2. The van der Waals surface area contributed by atoms with Crippen LogP contribution in [0, 0.1) is 5.41 Å². The van der Waals surface area contributed by atoms with Gasteiger partial charge < -0.3 is 5.73 Å². The van der Waals surface area contributed by atoms with Gasteiger partial charge in [0.1, 0.15) is 0 Å². The average Bonchev–Trinajstić information content (AvgIpc) is 2.64. The van der Waals surface area contributed by atoms with E-state index in [1.54, 1.807) is 0 Å². The lowest BCUT2D eigenvalue weighted by molar-refractivity contribution is 0.275. The van der Waals surface area contributed by atoms with Crippen LogP contribution in [0.25, 0.3) is 0 Å². The van der Waals surface area contributed by atoms with Gasteiger partial charge in [-0.25, -0.2) is 0 Å². The fraction of sp³-hybridized carbons (Fsp3) is 0.688. The van der Waals surface area contributed by atoms with Gasteiger partial charge in [-0.1, -0.05) is 19.9 Å². The number of aromatic nitrogens is 1. The zero-order valence-corrected chi connectivity index (χ0v) is 11.6. The van der Waals surface area contributed by atoms with Crippen LogP contribution in [0.5, 0.6) is 0 Å². The van der Waals surface area contributed by atoms with Gasteiger partial charge >= 0.3 is 0 Å². The Balaban J connectivity index is 1.95. The number of fused-ring (bicyclic) bond motifs is 1. The van der Waals surface area contributed by atoms with E-state index in [1.807, 2.05) is 6.20 Å². The Morgan fingerprint density at radius 1 is 1.33 bits per heavy atom. The summed E-state index contributed by atoms with van der Waals surface area (Å²) in [6.07, 6.45) is 9.14. The summed E-state index contributed by atoms with van der Waals surface area (Å²) in [5.41, 5.74) is 9.90. The van der Waals surface area contributed by atoms with E-state index in [0.717, 1.165) is 12.8 Å². The molecule has 0 spiro atoms. The van der Waals surface area contributed by atoms with Crippen LogP contribution < -0.4 is 5.73 Å². The number of nitrogens with zero attached hydrogens (tertiary/aromatic N) is 1. The first-order valence-corrected chi connectivity index (χ1v) is 7.23. The van der Waals surface area contributed by atoms with E-state index in [1.165, 1.54) is 36.9 Å². The van der Waals surface area contributed by atoms with Crippen LogP contribution in [0.3, 0.4) is 0 Å². The molecule has 0 saturated heterocycles. The van der Waals surface area contributed by atoms with Gasteiger partial charge in [0, 0.05) is 23.3 Å². The summed E-state index contributed by atoms with van der Waals surface area (Å²) in [6.45, 7) is 4.70. The molecule has 3 rings (SSSR count). The van der Waals surface area contributed by atoms with Gasteiger partial charge in [0.05, 0.1) is 0 Å². The van der Waals surface area contributed by atoms with Crippen molar-refractivity contribution >= 4 is 0 Å². The molecule has 1 aromatic rings. The molecule has 2 nitrogen and oxygen atoms in total. The predicted octanol–water partition coefficient (Wildman–Crippen LogP) is 3.41. The highest BCUT2D eigenvalue weighted by Gasteiger charge is 2.47. The number of hydrogen-bond acceptors (Lipinski definition) is 2. The van der Waals surface area contributed by atoms with Crippen molar-refractivity contribution in [3.8, 4) is 0 Å². The van der Waals surface area contributed by atoms with Crippen LogP contribution in [0.15, 0.2) is 18.3 Å². The standard InChI is InChI=1S/C16H24N2/c1-15(2)8-9-16(17,11-15)13-7-3-5-12-6-4-10-18-14(12)13/h4,6,10,13H,3,5,7-9,11,17H2,1-2H3. The van der Waals surface area contributed by atoms with E-state index >= 15 is 0 Å². The van der Waals surface area contributed by atoms with Crippen LogP contribution in [-0.2, 0) is 6.42 Å². The quantitative estimate of drug-likeness (QED) is 0.822. The van der Waals surface area contributed by atoms with E-state index in [9.17, 15) is 0 Å². The van der Waals surface area contributed by atoms with E-state index in [0.29, 0.717) is 11.3 Å². The van der Waals surface area contributed by atoms with Crippen molar-refractivity contribution in [1.82, 2.24) is 4.98 Å². The molecule has 2 aliphatic carbocycles. The monoisotopic (exact) mass is 244 g/mol. The SMILES string of the molecule is CC1(C)CCC(N)(C2CCCc3cccnc32)C1. The first-order valence-electron chi connectivity index (χ1n) is 7.23. The Kier molecular flexibility index (Phi) is 2.74. The van der Waals surface area contributed by atoms with E-state index in [4.69, 9.17) is 5.73 Å². The third-order valence-corrected chi connectivity index (χ3v) is 4.96. The summed E-state index contributed by atoms with van der Waals surface area (Å²) < 4.78 is 0. The second-order valence-electron chi connectivity index (χ2n) is 7.07. The smallest absolute Gasteiger partial charge is 0.0484 e. The molecule has 1 aromatic heterocycles. The van der Waals surface area contributed by atoms with E-state index in [2.05, 4.69) is 31.0 Å².